The van der Waals surface area contributed by atoms with Gasteiger partial charge in [0.05, 0.1) is 27.4 Å². The number of nitrogens with one attached hydrogen (secondary N) is 1. The number of rotatable bonds is 8. The van der Waals surface area contributed by atoms with E-state index in [2.05, 4.69) is 45.4 Å². The van der Waals surface area contributed by atoms with E-state index in [-0.39, 0.29) is 11.4 Å². The number of anilines is 1. The molecular formula is C27H34ClN7O3. The van der Waals surface area contributed by atoms with Crippen LogP contribution >= 0.6 is 11.6 Å². The molecule has 0 radical (unpaired) electrons. The molecule has 4 aromatic heterocycles. The lowest BCUT2D eigenvalue weighted by Crippen LogP contribution is -2.39. The topological polar surface area (TPSA) is 115 Å². The summed E-state index contributed by atoms with van der Waals surface area (Å²) in [4.78, 5) is 30.8. The molecule has 0 aromatic carbocycles. The molecule has 5 rings (SSSR count). The lowest BCUT2D eigenvalue weighted by atomic mass is 9.83. The van der Waals surface area contributed by atoms with Crippen molar-refractivity contribution in [2.75, 3.05) is 25.6 Å². The number of imidazole rings is 1. The first-order chi connectivity index (χ1) is 18.1. The summed E-state index contributed by atoms with van der Waals surface area (Å²) in [5, 5.41) is 4.36. The second-order valence-electron chi connectivity index (χ2n) is 11.0. The molecule has 0 unspecified atom stereocenters. The zero-order valence-electron chi connectivity index (χ0n) is 22.5. The van der Waals surface area contributed by atoms with Gasteiger partial charge < -0.3 is 14.2 Å². The Morgan fingerprint density at radius 1 is 1.21 bits per heavy atom. The first kappa shape index (κ1) is 26.4. The number of pyridine rings is 2. The highest BCUT2D eigenvalue weighted by molar-refractivity contribution is 6.30. The Hall–Kier alpha value is -3.24. The largest absolute Gasteiger partial charge is 0.439 e. The fraction of sp³-hybridized carbons (Fsp3) is 0.519. The van der Waals surface area contributed by atoms with E-state index in [0.29, 0.717) is 28.9 Å². The molecule has 4 aromatic rings. The number of ether oxygens (including phenoxy) is 1. The molecular weight excluding hydrogens is 506 g/mol. The molecule has 0 aliphatic heterocycles. The first-order valence-corrected chi connectivity index (χ1v) is 13.4. The van der Waals surface area contributed by atoms with E-state index < -0.39 is 5.76 Å². The van der Waals surface area contributed by atoms with Crippen LogP contribution in [0.3, 0.4) is 0 Å². The zero-order chi connectivity index (χ0) is 27.0. The van der Waals surface area contributed by atoms with Crippen LogP contribution in [0.25, 0.3) is 33.8 Å². The molecule has 0 spiro atoms. The average Bonchev–Trinajstić information content (AvgIpc) is 3.48. The van der Waals surface area contributed by atoms with Crippen molar-refractivity contribution in [3.8, 4) is 22.8 Å². The standard InChI is InChI=1S/C27H34ClN7O3/c1-16-6-8-17(9-7-16)14-35-23-20(31-25(35)34(4)15-27(2,3)37-5)11-21(24-32-26(36)38-33-24)30-22(23)18-10-19(28)13-29-12-18/h10-13,16-17H,6-9,14-15H2,1-5H3,(H,32,33,36)/t16-,17-. The highest BCUT2D eigenvalue weighted by atomic mass is 35.5. The number of likely N-dealkylation sites (N-methyl/N-ethyl adjacent to an activating group) is 1. The van der Waals surface area contributed by atoms with Gasteiger partial charge in [0.1, 0.15) is 5.69 Å². The second kappa shape index (κ2) is 10.5. The van der Waals surface area contributed by atoms with E-state index in [1.807, 2.05) is 19.2 Å². The maximum Gasteiger partial charge on any atom is 0.439 e. The number of nitrogens with zero attached hydrogens (tertiary/aromatic N) is 6. The van der Waals surface area contributed by atoms with Gasteiger partial charge in [-0.3, -0.25) is 14.5 Å². The maximum atomic E-state index is 11.7. The summed E-state index contributed by atoms with van der Waals surface area (Å²) >= 11 is 6.35. The van der Waals surface area contributed by atoms with Gasteiger partial charge in [-0.15, -0.1) is 0 Å². The van der Waals surface area contributed by atoms with E-state index in [9.17, 15) is 4.79 Å². The van der Waals surface area contributed by atoms with E-state index in [1.54, 1.807) is 19.5 Å². The van der Waals surface area contributed by atoms with Gasteiger partial charge in [0.25, 0.3) is 0 Å². The van der Waals surface area contributed by atoms with Crippen LogP contribution in [0.2, 0.25) is 5.02 Å². The smallest absolute Gasteiger partial charge is 0.377 e. The summed E-state index contributed by atoms with van der Waals surface area (Å²) in [6.45, 7) is 7.91. The summed E-state index contributed by atoms with van der Waals surface area (Å²) in [6.07, 6.45) is 8.13. The normalized spacial score (nSPS) is 18.3. The lowest BCUT2D eigenvalue weighted by Gasteiger charge is -2.31. The van der Waals surface area contributed by atoms with Crippen LogP contribution in [-0.2, 0) is 11.3 Å². The molecule has 11 heteroatoms. The minimum absolute atomic E-state index is 0.236. The van der Waals surface area contributed by atoms with Crippen molar-refractivity contribution in [1.82, 2.24) is 29.7 Å². The fourth-order valence-corrected chi connectivity index (χ4v) is 5.46. The molecule has 1 saturated carbocycles. The number of H-pyrrole nitrogens is 1. The molecule has 0 bridgehead atoms. The van der Waals surface area contributed by atoms with Crippen LogP contribution in [-0.4, -0.2) is 56.0 Å². The summed E-state index contributed by atoms with van der Waals surface area (Å²) in [6, 6.07) is 3.67. The Balaban J connectivity index is 1.72. The Kier molecular flexibility index (Phi) is 7.28. The van der Waals surface area contributed by atoms with Gasteiger partial charge >= 0.3 is 5.76 Å². The molecule has 4 heterocycles. The number of fused-ring (bicyclic) bond motifs is 1. The molecule has 1 N–H and O–H groups in total. The van der Waals surface area contributed by atoms with Gasteiger partial charge in [-0.05, 0) is 50.7 Å². The van der Waals surface area contributed by atoms with Crippen molar-refractivity contribution < 1.29 is 9.26 Å². The third-order valence-electron chi connectivity index (χ3n) is 7.45. The number of halogens is 1. The van der Waals surface area contributed by atoms with E-state index in [1.165, 1.54) is 25.7 Å². The van der Waals surface area contributed by atoms with E-state index in [4.69, 9.17) is 30.8 Å². The Morgan fingerprint density at radius 3 is 2.63 bits per heavy atom. The van der Waals surface area contributed by atoms with Crippen LogP contribution in [0, 0.1) is 11.8 Å². The molecule has 202 valence electrons. The Morgan fingerprint density at radius 2 is 1.97 bits per heavy atom. The third kappa shape index (κ3) is 5.47. The number of methoxy groups -OCH3 is 1. The molecule has 1 aliphatic rings. The van der Waals surface area contributed by atoms with Crippen molar-refractivity contribution in [2.24, 2.45) is 11.8 Å². The first-order valence-electron chi connectivity index (χ1n) is 13.0. The monoisotopic (exact) mass is 539 g/mol. The molecule has 0 saturated heterocycles. The van der Waals surface area contributed by atoms with Crippen LogP contribution < -0.4 is 10.7 Å². The van der Waals surface area contributed by atoms with Crippen LogP contribution in [0.4, 0.5) is 5.95 Å². The zero-order valence-corrected chi connectivity index (χ0v) is 23.2. The summed E-state index contributed by atoms with van der Waals surface area (Å²) in [7, 11) is 3.75. The van der Waals surface area contributed by atoms with E-state index in [0.717, 1.165) is 35.0 Å². The van der Waals surface area contributed by atoms with Crippen molar-refractivity contribution in [3.05, 3.63) is 40.1 Å². The van der Waals surface area contributed by atoms with Gasteiger partial charge in [-0.2, -0.15) is 0 Å². The highest BCUT2D eigenvalue weighted by Gasteiger charge is 2.28. The van der Waals surface area contributed by atoms with E-state index >= 15 is 0 Å². The summed E-state index contributed by atoms with van der Waals surface area (Å²) in [5.41, 5.74) is 3.11. The Bertz CT molecular complexity index is 1480. The quantitative estimate of drug-likeness (QED) is 0.326. The molecule has 1 aliphatic carbocycles. The molecule has 0 atom stereocenters. The third-order valence-corrected chi connectivity index (χ3v) is 7.66. The number of aromatic amines is 1. The van der Waals surface area contributed by atoms with Gasteiger partial charge in [0.2, 0.25) is 11.8 Å². The van der Waals surface area contributed by atoms with Crippen LogP contribution in [0.15, 0.2) is 33.8 Å². The lowest BCUT2D eigenvalue weighted by molar-refractivity contribution is 0.0295. The SMILES string of the molecule is COC(C)(C)CN(C)c1nc2cc(-c3noc(=O)[nH]3)nc(-c3cncc(Cl)c3)c2n1C[C@H]1CC[C@H](C)CC1. The number of aromatic nitrogens is 6. The second-order valence-corrected chi connectivity index (χ2v) is 11.5. The average molecular weight is 540 g/mol. The maximum absolute atomic E-state index is 11.7. The van der Waals surface area contributed by atoms with Gasteiger partial charge in [-0.1, -0.05) is 36.5 Å². The predicted molar refractivity (Wildman–Crippen MR) is 147 cm³/mol. The van der Waals surface area contributed by atoms with Gasteiger partial charge in [0.15, 0.2) is 0 Å². The minimum atomic E-state index is -0.646. The Labute approximate surface area is 226 Å². The number of hydrogen-bond donors (Lipinski definition) is 1. The van der Waals surface area contributed by atoms with Gasteiger partial charge in [0, 0.05) is 45.2 Å². The summed E-state index contributed by atoms with van der Waals surface area (Å²) in [5.74, 6) is 1.71. The van der Waals surface area contributed by atoms with Crippen molar-refractivity contribution in [3.63, 3.8) is 0 Å². The van der Waals surface area contributed by atoms with Crippen molar-refractivity contribution in [1.29, 1.82) is 0 Å². The molecule has 1 fully saturated rings. The minimum Gasteiger partial charge on any atom is -0.377 e. The highest BCUT2D eigenvalue weighted by Crippen LogP contribution is 2.37. The molecule has 0 amide bonds. The number of hydrogen-bond acceptors (Lipinski definition) is 8. The molecule has 38 heavy (non-hydrogen) atoms. The van der Waals surface area contributed by atoms with Crippen LogP contribution in [0.5, 0.6) is 0 Å². The predicted octanol–water partition coefficient (Wildman–Crippen LogP) is 5.18. The van der Waals surface area contributed by atoms with Crippen LogP contribution in [0.1, 0.15) is 46.5 Å². The van der Waals surface area contributed by atoms with Crippen molar-refractivity contribution >= 4 is 28.6 Å². The van der Waals surface area contributed by atoms with Crippen molar-refractivity contribution in [2.45, 2.75) is 58.6 Å². The summed E-state index contributed by atoms with van der Waals surface area (Å²) < 4.78 is 12.8. The van der Waals surface area contributed by atoms with Gasteiger partial charge in [-0.25, -0.2) is 14.8 Å². The fourth-order valence-electron chi connectivity index (χ4n) is 5.29. The molecule has 10 nitrogen and oxygen atoms in total.